The molecule has 0 saturated carbocycles. The molecule has 1 heterocycles. The van der Waals surface area contributed by atoms with E-state index in [0.717, 1.165) is 31.2 Å². The van der Waals surface area contributed by atoms with Gasteiger partial charge in [0, 0.05) is 19.0 Å². The minimum Gasteiger partial charge on any atom is -0.341 e. The zero-order chi connectivity index (χ0) is 14.5. The molecule has 3 rings (SSSR count). The van der Waals surface area contributed by atoms with Crippen LogP contribution in [0.3, 0.4) is 0 Å². The van der Waals surface area contributed by atoms with E-state index in [1.165, 1.54) is 5.56 Å². The van der Waals surface area contributed by atoms with E-state index in [-0.39, 0.29) is 0 Å². The van der Waals surface area contributed by atoms with Crippen LogP contribution in [0.4, 0.5) is 5.69 Å². The monoisotopic (exact) mass is 280 g/mol. The molecular weight excluding hydrogens is 260 g/mol. The van der Waals surface area contributed by atoms with Crippen LogP contribution in [0.15, 0.2) is 65.7 Å². The van der Waals surface area contributed by atoms with Crippen LogP contribution in [0.2, 0.25) is 0 Å². The van der Waals surface area contributed by atoms with Gasteiger partial charge in [-0.2, -0.15) is 0 Å². The van der Waals surface area contributed by atoms with Crippen LogP contribution < -0.4 is 11.3 Å². The van der Waals surface area contributed by atoms with Crippen LogP contribution >= 0.6 is 0 Å². The van der Waals surface area contributed by atoms with E-state index in [9.17, 15) is 0 Å². The smallest absolute Gasteiger partial charge is 0.213 e. The number of aliphatic imine (C=N–C) groups is 1. The Morgan fingerprint density at radius 2 is 1.71 bits per heavy atom. The van der Waals surface area contributed by atoms with Gasteiger partial charge in [0.15, 0.2) is 0 Å². The molecule has 4 heteroatoms. The Kier molecular flexibility index (Phi) is 4.17. The third-order valence-corrected chi connectivity index (χ3v) is 3.88. The lowest BCUT2D eigenvalue weighted by atomic mass is 9.99. The van der Waals surface area contributed by atoms with Gasteiger partial charge in [-0.3, -0.25) is 5.43 Å². The van der Waals surface area contributed by atoms with E-state index in [4.69, 9.17) is 5.84 Å². The van der Waals surface area contributed by atoms with Gasteiger partial charge in [0.05, 0.1) is 5.69 Å². The highest BCUT2D eigenvalue weighted by Crippen LogP contribution is 2.27. The second kappa shape index (κ2) is 6.41. The maximum Gasteiger partial charge on any atom is 0.213 e. The molecule has 3 N–H and O–H groups in total. The van der Waals surface area contributed by atoms with Gasteiger partial charge >= 0.3 is 0 Å². The number of guanidine groups is 1. The van der Waals surface area contributed by atoms with Crippen molar-refractivity contribution < 1.29 is 0 Å². The van der Waals surface area contributed by atoms with Crippen LogP contribution in [-0.2, 0) is 0 Å². The first-order chi connectivity index (χ1) is 10.4. The lowest BCUT2D eigenvalue weighted by molar-refractivity contribution is 0.489. The molecule has 108 valence electrons. The molecule has 21 heavy (non-hydrogen) atoms. The molecule has 1 unspecified atom stereocenters. The Balaban J connectivity index is 1.74. The highest BCUT2D eigenvalue weighted by atomic mass is 15.4. The Morgan fingerprint density at radius 1 is 1.05 bits per heavy atom. The van der Waals surface area contributed by atoms with Gasteiger partial charge in [0.1, 0.15) is 0 Å². The Hall–Kier alpha value is -2.33. The fourth-order valence-corrected chi connectivity index (χ4v) is 2.77. The third kappa shape index (κ3) is 3.23. The maximum absolute atomic E-state index is 5.66. The van der Waals surface area contributed by atoms with Gasteiger partial charge in [0.25, 0.3) is 0 Å². The summed E-state index contributed by atoms with van der Waals surface area (Å²) in [6.07, 6.45) is 1.12. The van der Waals surface area contributed by atoms with Gasteiger partial charge < -0.3 is 4.90 Å². The molecule has 0 bridgehead atoms. The molecule has 1 fully saturated rings. The van der Waals surface area contributed by atoms with Crippen molar-refractivity contribution in [3.05, 3.63) is 66.2 Å². The van der Waals surface area contributed by atoms with E-state index in [2.05, 4.69) is 45.6 Å². The lowest BCUT2D eigenvalue weighted by Crippen LogP contribution is -2.43. The van der Waals surface area contributed by atoms with Crippen molar-refractivity contribution in [1.82, 2.24) is 10.3 Å². The molecule has 0 aliphatic carbocycles. The fraction of sp³-hybridized carbons (Fsp3) is 0.235. The molecule has 2 aromatic rings. The van der Waals surface area contributed by atoms with Gasteiger partial charge in [-0.05, 0) is 24.1 Å². The molecular formula is C17H20N4. The Morgan fingerprint density at radius 3 is 2.38 bits per heavy atom. The van der Waals surface area contributed by atoms with Crippen LogP contribution in [0, 0.1) is 0 Å². The average molecular weight is 280 g/mol. The van der Waals surface area contributed by atoms with E-state index < -0.39 is 0 Å². The second-order valence-electron chi connectivity index (χ2n) is 5.26. The molecule has 0 amide bonds. The van der Waals surface area contributed by atoms with Gasteiger partial charge in [0.2, 0.25) is 5.96 Å². The van der Waals surface area contributed by atoms with Crippen molar-refractivity contribution in [2.75, 3.05) is 13.1 Å². The van der Waals surface area contributed by atoms with E-state index >= 15 is 0 Å². The van der Waals surface area contributed by atoms with Crippen LogP contribution in [0.25, 0.3) is 0 Å². The summed E-state index contributed by atoms with van der Waals surface area (Å²) in [5.41, 5.74) is 5.04. The van der Waals surface area contributed by atoms with Crippen molar-refractivity contribution in [2.24, 2.45) is 10.8 Å². The highest BCUT2D eigenvalue weighted by Gasteiger charge is 2.25. The van der Waals surface area contributed by atoms with E-state index in [1.54, 1.807) is 0 Å². The summed E-state index contributed by atoms with van der Waals surface area (Å²) >= 11 is 0. The zero-order valence-electron chi connectivity index (χ0n) is 11.9. The summed E-state index contributed by atoms with van der Waals surface area (Å²) in [4.78, 5) is 6.81. The van der Waals surface area contributed by atoms with Crippen molar-refractivity contribution in [2.45, 2.75) is 12.3 Å². The van der Waals surface area contributed by atoms with Crippen LogP contribution in [0.1, 0.15) is 17.9 Å². The number of hydrazine groups is 1. The number of rotatable bonds is 2. The average Bonchev–Trinajstić information content (AvgIpc) is 3.04. The standard InChI is InChI=1S/C17H20N4/c18-20-17(19-16-9-5-2-6-10-16)21-12-11-15(13-21)14-7-3-1-4-8-14/h1-10,15H,11-13,18H2,(H,19,20). The number of likely N-dealkylation sites (tertiary alicyclic amines) is 1. The number of benzene rings is 2. The highest BCUT2D eigenvalue weighted by molar-refractivity contribution is 5.82. The van der Waals surface area contributed by atoms with Crippen LogP contribution in [0.5, 0.6) is 0 Å². The predicted molar refractivity (Wildman–Crippen MR) is 86.2 cm³/mol. The van der Waals surface area contributed by atoms with Gasteiger partial charge in [-0.15, -0.1) is 0 Å². The summed E-state index contributed by atoms with van der Waals surface area (Å²) in [5, 5.41) is 0. The second-order valence-corrected chi connectivity index (χ2v) is 5.26. The number of nitrogens with one attached hydrogen (secondary N) is 1. The summed E-state index contributed by atoms with van der Waals surface area (Å²) in [6.45, 7) is 1.91. The molecule has 0 spiro atoms. The molecule has 1 atom stereocenters. The van der Waals surface area contributed by atoms with Crippen molar-refractivity contribution >= 4 is 11.6 Å². The molecule has 0 aromatic heterocycles. The third-order valence-electron chi connectivity index (χ3n) is 3.88. The van der Waals surface area contributed by atoms with Crippen molar-refractivity contribution in [3.63, 3.8) is 0 Å². The molecule has 1 aliphatic rings. The minimum absolute atomic E-state index is 0.542. The number of hydrogen-bond acceptors (Lipinski definition) is 2. The maximum atomic E-state index is 5.66. The van der Waals surface area contributed by atoms with E-state index in [1.807, 2.05) is 30.3 Å². The molecule has 4 nitrogen and oxygen atoms in total. The number of nitrogens with two attached hydrogens (primary N) is 1. The fourth-order valence-electron chi connectivity index (χ4n) is 2.77. The molecule has 2 aromatic carbocycles. The van der Waals surface area contributed by atoms with E-state index in [0.29, 0.717) is 5.92 Å². The normalized spacial score (nSPS) is 18.8. The zero-order valence-corrected chi connectivity index (χ0v) is 11.9. The summed E-state index contributed by atoms with van der Waals surface area (Å²) in [5.74, 6) is 6.94. The summed E-state index contributed by atoms with van der Waals surface area (Å²) in [6, 6.07) is 20.5. The largest absolute Gasteiger partial charge is 0.341 e. The molecule has 1 saturated heterocycles. The number of hydrogen-bond donors (Lipinski definition) is 2. The van der Waals surface area contributed by atoms with Crippen LogP contribution in [-0.4, -0.2) is 23.9 Å². The summed E-state index contributed by atoms with van der Waals surface area (Å²) in [7, 11) is 0. The quantitative estimate of drug-likeness (QED) is 0.385. The first kappa shape index (κ1) is 13.6. The van der Waals surface area contributed by atoms with Crippen molar-refractivity contribution in [1.29, 1.82) is 0 Å². The minimum atomic E-state index is 0.542. The topological polar surface area (TPSA) is 53.6 Å². The summed E-state index contributed by atoms with van der Waals surface area (Å²) < 4.78 is 0. The predicted octanol–water partition coefficient (Wildman–Crippen LogP) is 2.63. The number of nitrogens with zero attached hydrogens (tertiary/aromatic N) is 2. The molecule has 1 aliphatic heterocycles. The Bertz CT molecular complexity index is 595. The van der Waals surface area contributed by atoms with Gasteiger partial charge in [-0.25, -0.2) is 10.8 Å². The lowest BCUT2D eigenvalue weighted by Gasteiger charge is -2.20. The first-order valence-electron chi connectivity index (χ1n) is 7.27. The van der Waals surface area contributed by atoms with Crippen molar-refractivity contribution in [3.8, 4) is 0 Å². The first-order valence-corrected chi connectivity index (χ1v) is 7.27. The molecule has 0 radical (unpaired) electrons. The number of para-hydroxylation sites is 1. The Labute approximate surface area is 125 Å². The SMILES string of the molecule is NNC(=Nc1ccccc1)N1CCC(c2ccccc2)C1. The van der Waals surface area contributed by atoms with Gasteiger partial charge in [-0.1, -0.05) is 48.5 Å².